The lowest BCUT2D eigenvalue weighted by Crippen LogP contribution is -2.40. The first-order chi connectivity index (χ1) is 12.8. The molecule has 1 heterocycles. The van der Waals surface area contributed by atoms with E-state index < -0.39 is 18.2 Å². The minimum Gasteiger partial charge on any atom is -0.485 e. The van der Waals surface area contributed by atoms with Crippen LogP contribution in [0.5, 0.6) is 11.5 Å². The van der Waals surface area contributed by atoms with Crippen LogP contribution in [0.1, 0.15) is 43.6 Å². The van der Waals surface area contributed by atoms with E-state index in [1.807, 2.05) is 18.2 Å². The summed E-state index contributed by atoms with van der Waals surface area (Å²) in [6.45, 7) is 7.95. The molecule has 0 amide bonds. The van der Waals surface area contributed by atoms with Gasteiger partial charge in [-0.15, -0.1) is 0 Å². The molecule has 5 nitrogen and oxygen atoms in total. The summed E-state index contributed by atoms with van der Waals surface area (Å²) in [6.07, 6.45) is -1.79. The Kier molecular flexibility index (Phi) is 5.22. The van der Waals surface area contributed by atoms with Crippen molar-refractivity contribution in [1.82, 2.24) is 0 Å². The van der Waals surface area contributed by atoms with Crippen LogP contribution in [0.25, 0.3) is 0 Å². The van der Waals surface area contributed by atoms with Gasteiger partial charge in [-0.1, -0.05) is 57.2 Å². The van der Waals surface area contributed by atoms with Crippen LogP contribution < -0.4 is 9.47 Å². The maximum Gasteiger partial charge on any atom is 0.351 e. The number of carbonyl (C=O) groups is 2. The van der Waals surface area contributed by atoms with Gasteiger partial charge in [-0.3, -0.25) is 4.79 Å². The van der Waals surface area contributed by atoms with Gasteiger partial charge in [0.2, 0.25) is 11.9 Å². The first kappa shape index (κ1) is 19.0. The van der Waals surface area contributed by atoms with Crippen molar-refractivity contribution in [2.75, 3.05) is 6.61 Å². The predicted octanol–water partition coefficient (Wildman–Crippen LogP) is 3.94. The van der Waals surface area contributed by atoms with Gasteiger partial charge in [0.05, 0.1) is 0 Å². The molecule has 3 rings (SSSR count). The number of rotatable bonds is 4. The monoisotopic (exact) mass is 368 g/mol. The first-order valence-corrected chi connectivity index (χ1v) is 8.99. The van der Waals surface area contributed by atoms with E-state index in [2.05, 4.69) is 20.8 Å². The highest BCUT2D eigenvalue weighted by atomic mass is 16.6. The van der Waals surface area contributed by atoms with Crippen LogP contribution in [0.3, 0.4) is 0 Å². The molecule has 0 spiro atoms. The zero-order valence-electron chi connectivity index (χ0n) is 16.0. The van der Waals surface area contributed by atoms with Crippen molar-refractivity contribution in [2.45, 2.75) is 45.3 Å². The Hall–Kier alpha value is -2.82. The van der Waals surface area contributed by atoms with Gasteiger partial charge in [-0.25, -0.2) is 4.79 Å². The minimum atomic E-state index is -0.904. The third-order valence-corrected chi connectivity index (χ3v) is 4.47. The fourth-order valence-electron chi connectivity index (χ4n) is 2.81. The average molecular weight is 368 g/mol. The fourth-order valence-corrected chi connectivity index (χ4v) is 2.81. The number of hydrogen-bond donors (Lipinski definition) is 0. The molecule has 0 saturated heterocycles. The summed E-state index contributed by atoms with van der Waals surface area (Å²) < 4.78 is 16.5. The van der Waals surface area contributed by atoms with Crippen LogP contribution in [-0.4, -0.2) is 30.6 Å². The maximum atomic E-state index is 12.6. The molecule has 0 N–H and O–H groups in total. The van der Waals surface area contributed by atoms with Crippen molar-refractivity contribution in [2.24, 2.45) is 0 Å². The molecule has 0 fully saturated rings. The van der Waals surface area contributed by atoms with E-state index in [1.165, 1.54) is 0 Å². The highest BCUT2D eigenvalue weighted by Gasteiger charge is 2.31. The van der Waals surface area contributed by atoms with E-state index in [-0.39, 0.29) is 17.8 Å². The molecule has 1 aliphatic heterocycles. The minimum absolute atomic E-state index is 0.00821. The van der Waals surface area contributed by atoms with Crippen molar-refractivity contribution in [1.29, 1.82) is 0 Å². The van der Waals surface area contributed by atoms with E-state index in [1.54, 1.807) is 37.3 Å². The number of benzene rings is 2. The first-order valence-electron chi connectivity index (χ1n) is 8.99. The number of ketones is 1. The Bertz CT molecular complexity index is 833. The van der Waals surface area contributed by atoms with Crippen molar-refractivity contribution in [3.8, 4) is 11.5 Å². The zero-order chi connectivity index (χ0) is 19.6. The van der Waals surface area contributed by atoms with Crippen LogP contribution in [-0.2, 0) is 14.9 Å². The van der Waals surface area contributed by atoms with Gasteiger partial charge < -0.3 is 14.2 Å². The van der Waals surface area contributed by atoms with Crippen LogP contribution in [0, 0.1) is 0 Å². The third kappa shape index (κ3) is 4.30. The third-order valence-electron chi connectivity index (χ3n) is 4.47. The molecule has 0 aromatic heterocycles. The number of hydrogen-bond acceptors (Lipinski definition) is 5. The van der Waals surface area contributed by atoms with Gasteiger partial charge in [0, 0.05) is 5.56 Å². The quantitative estimate of drug-likeness (QED) is 0.604. The van der Waals surface area contributed by atoms with Gasteiger partial charge in [0.25, 0.3) is 0 Å². The average Bonchev–Trinajstić information content (AvgIpc) is 2.66. The molecular weight excluding hydrogens is 344 g/mol. The lowest BCUT2D eigenvalue weighted by atomic mass is 9.86. The summed E-state index contributed by atoms with van der Waals surface area (Å²) in [7, 11) is 0. The van der Waals surface area contributed by atoms with E-state index in [0.717, 1.165) is 5.56 Å². The molecule has 2 aromatic carbocycles. The van der Waals surface area contributed by atoms with Gasteiger partial charge in [-0.05, 0) is 30.0 Å². The highest BCUT2D eigenvalue weighted by Crippen LogP contribution is 2.31. The second-order valence-electron chi connectivity index (χ2n) is 7.63. The van der Waals surface area contributed by atoms with Crippen LogP contribution in [0.4, 0.5) is 0 Å². The molecule has 27 heavy (non-hydrogen) atoms. The summed E-state index contributed by atoms with van der Waals surface area (Å²) in [6, 6.07) is 14.5. The van der Waals surface area contributed by atoms with Crippen molar-refractivity contribution >= 4 is 11.8 Å². The van der Waals surface area contributed by atoms with Crippen molar-refractivity contribution in [3.63, 3.8) is 0 Å². The lowest BCUT2D eigenvalue weighted by Gasteiger charge is -2.26. The Morgan fingerprint density at radius 1 is 1.04 bits per heavy atom. The number of para-hydroxylation sites is 2. The molecule has 2 unspecified atom stereocenters. The maximum absolute atomic E-state index is 12.6. The molecule has 2 aromatic rings. The molecule has 1 aliphatic rings. The molecule has 0 saturated carbocycles. The molecule has 0 aliphatic carbocycles. The van der Waals surface area contributed by atoms with Gasteiger partial charge in [-0.2, -0.15) is 0 Å². The number of esters is 1. The predicted molar refractivity (Wildman–Crippen MR) is 101 cm³/mol. The van der Waals surface area contributed by atoms with E-state index in [4.69, 9.17) is 14.2 Å². The summed E-state index contributed by atoms with van der Waals surface area (Å²) in [5.41, 5.74) is 1.65. The second-order valence-corrected chi connectivity index (χ2v) is 7.63. The smallest absolute Gasteiger partial charge is 0.351 e. The molecule has 2 atom stereocenters. The molecule has 0 bridgehead atoms. The summed E-state index contributed by atoms with van der Waals surface area (Å²) in [4.78, 5) is 24.9. The van der Waals surface area contributed by atoms with Crippen LogP contribution in [0.15, 0.2) is 48.5 Å². The summed E-state index contributed by atoms with van der Waals surface area (Å²) in [5, 5.41) is 0. The Balaban J connectivity index is 1.62. The Morgan fingerprint density at radius 2 is 1.67 bits per heavy atom. The lowest BCUT2D eigenvalue weighted by molar-refractivity contribution is -0.157. The van der Waals surface area contributed by atoms with E-state index >= 15 is 0 Å². The second kappa shape index (κ2) is 7.43. The number of fused-ring (bicyclic) bond motifs is 1. The number of carbonyl (C=O) groups excluding carboxylic acids is 2. The number of Topliss-reactive ketones (excluding diaryl/α,β-unsaturated/α-hetero) is 1. The van der Waals surface area contributed by atoms with E-state index in [0.29, 0.717) is 17.1 Å². The molecule has 142 valence electrons. The normalized spacial score (nSPS) is 17.1. The highest BCUT2D eigenvalue weighted by molar-refractivity contribution is 6.00. The fraction of sp³-hybridized carbons (Fsp3) is 0.364. The van der Waals surface area contributed by atoms with Gasteiger partial charge in [0.1, 0.15) is 6.61 Å². The SMILES string of the molecule is CC(OC(=O)C1COc2ccccc2O1)C(=O)c1ccc(C(C)(C)C)cc1. The van der Waals surface area contributed by atoms with Crippen molar-refractivity contribution < 1.29 is 23.8 Å². The largest absolute Gasteiger partial charge is 0.485 e. The summed E-state index contributed by atoms with van der Waals surface area (Å²) in [5.74, 6) is 0.213. The molecule has 5 heteroatoms. The topological polar surface area (TPSA) is 61.8 Å². The summed E-state index contributed by atoms with van der Waals surface area (Å²) >= 11 is 0. The Morgan fingerprint density at radius 3 is 2.30 bits per heavy atom. The molecule has 0 radical (unpaired) electrons. The standard InChI is InChI=1S/C22H24O5/c1-14(20(23)15-9-11-16(12-10-15)22(2,3)4)26-21(24)19-13-25-17-7-5-6-8-18(17)27-19/h5-12,14,19H,13H2,1-4H3. The van der Waals surface area contributed by atoms with Crippen molar-refractivity contribution in [3.05, 3.63) is 59.7 Å². The van der Waals surface area contributed by atoms with E-state index in [9.17, 15) is 9.59 Å². The number of ether oxygens (including phenoxy) is 3. The van der Waals surface area contributed by atoms with Crippen LogP contribution in [0.2, 0.25) is 0 Å². The zero-order valence-corrected chi connectivity index (χ0v) is 16.0. The Labute approximate surface area is 159 Å². The molecular formula is C22H24O5. The van der Waals surface area contributed by atoms with Gasteiger partial charge >= 0.3 is 5.97 Å². The van der Waals surface area contributed by atoms with Gasteiger partial charge in [0.15, 0.2) is 17.6 Å². The van der Waals surface area contributed by atoms with Crippen LogP contribution >= 0.6 is 0 Å².